The van der Waals surface area contributed by atoms with Gasteiger partial charge in [0.1, 0.15) is 10.6 Å². The van der Waals surface area contributed by atoms with Crippen LogP contribution in [0.1, 0.15) is 19.8 Å². The van der Waals surface area contributed by atoms with E-state index in [9.17, 15) is 16.8 Å². The van der Waals surface area contributed by atoms with Gasteiger partial charge in [0.25, 0.3) is 0 Å². The molecule has 0 aromatic heterocycles. The van der Waals surface area contributed by atoms with Crippen LogP contribution in [0.25, 0.3) is 0 Å². The quantitative estimate of drug-likeness (QED) is 0.499. The number of hydrogen-bond donors (Lipinski definition) is 3. The summed E-state index contributed by atoms with van der Waals surface area (Å²) < 4.78 is 57.5. The Hall–Kier alpha value is -1.07. The van der Waals surface area contributed by atoms with Gasteiger partial charge < -0.3 is 10.5 Å². The smallest absolute Gasteiger partial charge is 0.244 e. The third kappa shape index (κ3) is 6.81. The van der Waals surface area contributed by atoms with Crippen LogP contribution in [0.5, 0.6) is 5.75 Å². The number of halogens is 1. The first-order valence-corrected chi connectivity index (χ1v) is 10.3. The number of anilines is 1. The second-order valence-electron chi connectivity index (χ2n) is 4.76. The number of benzene rings is 1. The van der Waals surface area contributed by atoms with Crippen molar-refractivity contribution in [3.05, 3.63) is 18.2 Å². The van der Waals surface area contributed by atoms with Crippen molar-refractivity contribution in [1.29, 1.82) is 0 Å². The summed E-state index contributed by atoms with van der Waals surface area (Å²) in [4.78, 5) is -0.0489. The molecular weight excluding hydrogens is 378 g/mol. The molecule has 0 aliphatic heterocycles. The number of sulfonamides is 2. The van der Waals surface area contributed by atoms with E-state index in [4.69, 9.17) is 10.5 Å². The lowest BCUT2D eigenvalue weighted by atomic mass is 10.3. The van der Waals surface area contributed by atoms with Crippen LogP contribution in [0, 0.1) is 0 Å². The van der Waals surface area contributed by atoms with E-state index in [1.54, 1.807) is 0 Å². The monoisotopic (exact) mass is 401 g/mol. The van der Waals surface area contributed by atoms with Gasteiger partial charge in [-0.15, -0.1) is 12.4 Å². The van der Waals surface area contributed by atoms with Crippen LogP contribution in [-0.4, -0.2) is 42.8 Å². The van der Waals surface area contributed by atoms with Crippen LogP contribution in [0.3, 0.4) is 0 Å². The fourth-order valence-corrected chi connectivity index (χ4v) is 3.61. The van der Waals surface area contributed by atoms with Crippen molar-refractivity contribution in [1.82, 2.24) is 4.72 Å². The van der Waals surface area contributed by atoms with Crippen LogP contribution >= 0.6 is 12.4 Å². The van der Waals surface area contributed by atoms with Crippen molar-refractivity contribution in [2.75, 3.05) is 30.7 Å². The second kappa shape index (κ2) is 10.0. The first-order valence-electron chi connectivity index (χ1n) is 7.14. The lowest BCUT2D eigenvalue weighted by Gasteiger charge is -2.13. The fraction of sp³-hybridized carbons (Fsp3) is 0.538. The summed E-state index contributed by atoms with van der Waals surface area (Å²) in [5.41, 5.74) is 5.60. The van der Waals surface area contributed by atoms with Gasteiger partial charge in [0.2, 0.25) is 20.0 Å². The number of ether oxygens (including phenoxy) is 1. The van der Waals surface area contributed by atoms with Crippen molar-refractivity contribution in [2.45, 2.75) is 24.7 Å². The van der Waals surface area contributed by atoms with E-state index in [1.165, 1.54) is 32.2 Å². The Balaban J connectivity index is 0.00000529. The molecule has 0 heterocycles. The predicted molar refractivity (Wildman–Crippen MR) is 96.8 cm³/mol. The summed E-state index contributed by atoms with van der Waals surface area (Å²) in [5.74, 6) is -0.0226. The second-order valence-corrected chi connectivity index (χ2v) is 8.51. The molecule has 0 amide bonds. The van der Waals surface area contributed by atoms with Crippen LogP contribution in [-0.2, 0) is 20.0 Å². The van der Waals surface area contributed by atoms with E-state index in [0.29, 0.717) is 13.0 Å². The molecule has 24 heavy (non-hydrogen) atoms. The van der Waals surface area contributed by atoms with Gasteiger partial charge in [-0.25, -0.2) is 21.6 Å². The first kappa shape index (κ1) is 22.9. The van der Waals surface area contributed by atoms with Gasteiger partial charge >= 0.3 is 0 Å². The minimum Gasteiger partial charge on any atom is -0.495 e. The van der Waals surface area contributed by atoms with Crippen LogP contribution in [0.15, 0.2) is 23.1 Å². The molecule has 0 saturated heterocycles. The van der Waals surface area contributed by atoms with Crippen LogP contribution < -0.4 is 19.9 Å². The average molecular weight is 402 g/mol. The SMILES string of the molecule is CCS(=O)(=O)Nc1ccc(S(=O)(=O)NCCCCN)c(OC)c1.Cl. The highest BCUT2D eigenvalue weighted by Gasteiger charge is 2.20. The van der Waals surface area contributed by atoms with E-state index in [-0.39, 0.29) is 41.0 Å². The van der Waals surface area contributed by atoms with E-state index in [0.717, 1.165) is 6.42 Å². The molecule has 0 unspecified atom stereocenters. The van der Waals surface area contributed by atoms with Gasteiger partial charge in [0.05, 0.1) is 18.6 Å². The minimum absolute atomic E-state index is 0. The lowest BCUT2D eigenvalue weighted by Crippen LogP contribution is -2.25. The Morgan fingerprint density at radius 1 is 1.17 bits per heavy atom. The Bertz CT molecular complexity index is 723. The number of hydrogen-bond acceptors (Lipinski definition) is 6. The first-order chi connectivity index (χ1) is 10.8. The molecule has 1 aromatic carbocycles. The van der Waals surface area contributed by atoms with Gasteiger partial charge in [0, 0.05) is 12.6 Å². The largest absolute Gasteiger partial charge is 0.495 e. The van der Waals surface area contributed by atoms with Gasteiger partial charge in [-0.05, 0) is 38.4 Å². The Morgan fingerprint density at radius 3 is 2.38 bits per heavy atom. The third-order valence-corrected chi connectivity index (χ3v) is 5.84. The van der Waals surface area contributed by atoms with Crippen molar-refractivity contribution in [2.24, 2.45) is 5.73 Å². The molecule has 140 valence electrons. The molecule has 8 nitrogen and oxygen atoms in total. The van der Waals surface area contributed by atoms with Crippen molar-refractivity contribution >= 4 is 38.1 Å². The maximum Gasteiger partial charge on any atom is 0.244 e. The molecule has 0 bridgehead atoms. The van der Waals surface area contributed by atoms with Gasteiger partial charge in [0.15, 0.2) is 0 Å². The molecule has 1 rings (SSSR count). The molecule has 1 aromatic rings. The van der Waals surface area contributed by atoms with Crippen LogP contribution in [0.2, 0.25) is 0 Å². The standard InChI is InChI=1S/C13H23N3O5S2.ClH/c1-3-22(17,18)16-11-6-7-13(12(10-11)21-2)23(19,20)15-9-5-4-8-14;/h6-7,10,15-16H,3-5,8-9,14H2,1-2H3;1H. The van der Waals surface area contributed by atoms with E-state index >= 15 is 0 Å². The summed E-state index contributed by atoms with van der Waals surface area (Å²) in [6.45, 7) is 2.27. The van der Waals surface area contributed by atoms with Crippen molar-refractivity contribution in [3.8, 4) is 5.75 Å². The minimum atomic E-state index is -3.74. The number of nitrogens with two attached hydrogens (primary N) is 1. The van der Waals surface area contributed by atoms with Crippen molar-refractivity contribution in [3.63, 3.8) is 0 Å². The van der Waals surface area contributed by atoms with E-state index < -0.39 is 20.0 Å². The van der Waals surface area contributed by atoms with Gasteiger partial charge in [-0.1, -0.05) is 0 Å². The number of rotatable bonds is 10. The summed E-state index contributed by atoms with van der Waals surface area (Å²) in [6, 6.07) is 4.02. The molecule has 0 atom stereocenters. The molecule has 0 saturated carbocycles. The summed E-state index contributed by atoms with van der Waals surface area (Å²) in [6.07, 6.45) is 1.35. The summed E-state index contributed by atoms with van der Waals surface area (Å²) >= 11 is 0. The maximum atomic E-state index is 12.3. The zero-order valence-corrected chi connectivity index (χ0v) is 16.1. The zero-order valence-electron chi connectivity index (χ0n) is 13.6. The Morgan fingerprint density at radius 2 is 1.83 bits per heavy atom. The van der Waals surface area contributed by atoms with E-state index in [2.05, 4.69) is 9.44 Å². The van der Waals surface area contributed by atoms with Gasteiger partial charge in [-0.2, -0.15) is 0 Å². The third-order valence-electron chi connectivity index (χ3n) is 3.03. The van der Waals surface area contributed by atoms with Crippen molar-refractivity contribution < 1.29 is 21.6 Å². The summed E-state index contributed by atoms with van der Waals surface area (Å²) in [5, 5.41) is 0. The average Bonchev–Trinajstić information content (AvgIpc) is 2.51. The highest BCUT2D eigenvalue weighted by atomic mass is 35.5. The lowest BCUT2D eigenvalue weighted by molar-refractivity contribution is 0.402. The molecule has 0 radical (unpaired) electrons. The molecule has 0 aliphatic rings. The van der Waals surface area contributed by atoms with Gasteiger partial charge in [-0.3, -0.25) is 4.72 Å². The Kier molecular flexibility index (Phi) is 9.59. The molecular formula is C13H24ClN3O5S2. The zero-order chi connectivity index (χ0) is 17.5. The summed E-state index contributed by atoms with van der Waals surface area (Å²) in [7, 11) is -5.87. The topological polar surface area (TPSA) is 128 Å². The highest BCUT2D eigenvalue weighted by Crippen LogP contribution is 2.27. The maximum absolute atomic E-state index is 12.3. The molecule has 0 aliphatic carbocycles. The Labute approximate surface area is 149 Å². The number of methoxy groups -OCH3 is 1. The molecule has 4 N–H and O–H groups in total. The molecule has 0 spiro atoms. The van der Waals surface area contributed by atoms with E-state index in [1.807, 2.05) is 0 Å². The predicted octanol–water partition coefficient (Wildman–Crippen LogP) is 0.896. The number of unbranched alkanes of at least 4 members (excludes halogenated alkanes) is 1. The van der Waals surface area contributed by atoms with Crippen LogP contribution in [0.4, 0.5) is 5.69 Å². The molecule has 11 heteroatoms. The fourth-order valence-electron chi connectivity index (χ4n) is 1.76. The number of nitrogens with one attached hydrogen (secondary N) is 2. The highest BCUT2D eigenvalue weighted by molar-refractivity contribution is 7.92. The normalized spacial score (nSPS) is 11.6. The molecule has 0 fully saturated rings.